The Morgan fingerprint density at radius 2 is 1.89 bits per heavy atom. The van der Waals surface area contributed by atoms with Gasteiger partial charge in [-0.1, -0.05) is 26.1 Å². The first-order chi connectivity index (χ1) is 8.44. The number of fused-ring (bicyclic) bond motifs is 2. The Hall–Kier alpha value is -0.553. The van der Waals surface area contributed by atoms with Crippen molar-refractivity contribution < 1.29 is 9.53 Å². The van der Waals surface area contributed by atoms with Crippen LogP contribution in [0, 0.1) is 0 Å². The van der Waals surface area contributed by atoms with E-state index in [1.165, 1.54) is 19.3 Å². The Kier molecular flexibility index (Phi) is 4.32. The normalized spacial score (nSPS) is 28.1. The van der Waals surface area contributed by atoms with Crippen molar-refractivity contribution >= 4 is 14.2 Å². The number of piperazine rings is 1. The Morgan fingerprint density at radius 3 is 2.44 bits per heavy atom. The van der Waals surface area contributed by atoms with Gasteiger partial charge in [0.25, 0.3) is 0 Å². The zero-order chi connectivity index (χ0) is 13.2. The molecule has 0 radical (unpaired) electrons. The second-order valence-electron chi connectivity index (χ2n) is 6.82. The minimum atomic E-state index is -1.10. The van der Waals surface area contributed by atoms with Crippen LogP contribution in [-0.2, 0) is 4.74 Å². The van der Waals surface area contributed by atoms with Gasteiger partial charge in [0, 0.05) is 33.2 Å². The molecule has 18 heavy (non-hydrogen) atoms. The summed E-state index contributed by atoms with van der Waals surface area (Å²) in [4.78, 5) is 13.9. The lowest BCUT2D eigenvalue weighted by Gasteiger charge is -2.41. The lowest BCUT2D eigenvalue weighted by molar-refractivity contribution is 0.0744. The van der Waals surface area contributed by atoms with Gasteiger partial charge in [0.15, 0.2) is 0 Å². The van der Waals surface area contributed by atoms with Crippen molar-refractivity contribution in [2.75, 3.05) is 19.7 Å². The highest BCUT2D eigenvalue weighted by Gasteiger charge is 2.32. The molecular weight excluding hydrogens is 244 g/mol. The molecule has 0 aromatic rings. The summed E-state index contributed by atoms with van der Waals surface area (Å²) in [6.45, 7) is 9.14. The standard InChI is InChI=1S/C13H26N2O2Si/c1-18(2,3)8-7-17-13(16)15-9-11-5-4-6-12(10-15)14-11/h11-12,14H,4-10H2,1-3H3. The van der Waals surface area contributed by atoms with Crippen molar-refractivity contribution in [3.63, 3.8) is 0 Å². The molecule has 2 saturated heterocycles. The lowest BCUT2D eigenvalue weighted by Crippen LogP contribution is -2.60. The number of amides is 1. The summed E-state index contributed by atoms with van der Waals surface area (Å²) in [6, 6.07) is 2.03. The molecule has 0 aromatic carbocycles. The molecule has 2 heterocycles. The average molecular weight is 270 g/mol. The molecule has 2 aliphatic heterocycles. The predicted octanol–water partition coefficient (Wildman–Crippen LogP) is 2.29. The predicted molar refractivity (Wildman–Crippen MR) is 75.6 cm³/mol. The van der Waals surface area contributed by atoms with Crippen LogP contribution >= 0.6 is 0 Å². The molecule has 2 rings (SSSR count). The van der Waals surface area contributed by atoms with E-state index in [4.69, 9.17) is 4.74 Å². The van der Waals surface area contributed by atoms with Crippen molar-refractivity contribution in [1.29, 1.82) is 0 Å². The van der Waals surface area contributed by atoms with Crippen molar-refractivity contribution in [2.45, 2.75) is 57.0 Å². The van der Waals surface area contributed by atoms with E-state index in [0.717, 1.165) is 19.1 Å². The largest absolute Gasteiger partial charge is 0.450 e. The number of ether oxygens (including phenoxy) is 1. The van der Waals surface area contributed by atoms with Crippen molar-refractivity contribution in [3.05, 3.63) is 0 Å². The molecule has 2 atom stereocenters. The fraction of sp³-hybridized carbons (Fsp3) is 0.923. The third kappa shape index (κ3) is 3.98. The summed E-state index contributed by atoms with van der Waals surface area (Å²) >= 11 is 0. The summed E-state index contributed by atoms with van der Waals surface area (Å²) in [7, 11) is -1.10. The number of nitrogens with zero attached hydrogens (tertiary/aromatic N) is 1. The van der Waals surface area contributed by atoms with Gasteiger partial charge in [0.2, 0.25) is 0 Å². The Morgan fingerprint density at radius 1 is 1.28 bits per heavy atom. The molecule has 2 fully saturated rings. The molecule has 1 N–H and O–H groups in total. The number of piperidine rings is 1. The van der Waals surface area contributed by atoms with Crippen molar-refractivity contribution in [3.8, 4) is 0 Å². The SMILES string of the molecule is C[Si](C)(C)CCOC(=O)N1CC2CCCC(C1)N2. The summed E-state index contributed by atoms with van der Waals surface area (Å²) in [5.74, 6) is 0. The smallest absolute Gasteiger partial charge is 0.409 e. The van der Waals surface area contributed by atoms with Gasteiger partial charge >= 0.3 is 6.09 Å². The molecule has 5 heteroatoms. The van der Waals surface area contributed by atoms with Gasteiger partial charge in [0.05, 0.1) is 6.61 Å². The number of hydrogen-bond acceptors (Lipinski definition) is 3. The summed E-state index contributed by atoms with van der Waals surface area (Å²) < 4.78 is 5.42. The number of likely N-dealkylation sites (tertiary alicyclic amines) is 1. The quantitative estimate of drug-likeness (QED) is 0.800. The average Bonchev–Trinajstić information content (AvgIpc) is 2.26. The minimum absolute atomic E-state index is 0.105. The van der Waals surface area contributed by atoms with Gasteiger partial charge in [-0.2, -0.15) is 0 Å². The monoisotopic (exact) mass is 270 g/mol. The van der Waals surface area contributed by atoms with E-state index in [-0.39, 0.29) is 6.09 Å². The molecule has 2 bridgehead atoms. The van der Waals surface area contributed by atoms with E-state index in [0.29, 0.717) is 18.7 Å². The molecule has 104 valence electrons. The summed E-state index contributed by atoms with van der Waals surface area (Å²) in [5.41, 5.74) is 0. The summed E-state index contributed by atoms with van der Waals surface area (Å²) in [5, 5.41) is 3.58. The van der Waals surface area contributed by atoms with Crippen LogP contribution in [0.25, 0.3) is 0 Å². The first-order valence-electron chi connectivity index (χ1n) is 7.12. The van der Waals surface area contributed by atoms with Crippen molar-refractivity contribution in [2.24, 2.45) is 0 Å². The van der Waals surface area contributed by atoms with Gasteiger partial charge in [-0.25, -0.2) is 4.79 Å². The van der Waals surface area contributed by atoms with Crippen LogP contribution in [0.2, 0.25) is 25.7 Å². The van der Waals surface area contributed by atoms with Gasteiger partial charge in [-0.15, -0.1) is 0 Å². The second-order valence-corrected chi connectivity index (χ2v) is 12.4. The lowest BCUT2D eigenvalue weighted by atomic mass is 9.94. The highest BCUT2D eigenvalue weighted by Crippen LogP contribution is 2.20. The third-order valence-corrected chi connectivity index (χ3v) is 5.50. The molecule has 1 amide bonds. The molecule has 4 nitrogen and oxygen atoms in total. The molecule has 0 saturated carbocycles. The van der Waals surface area contributed by atoms with Crippen LogP contribution in [0.4, 0.5) is 4.79 Å². The van der Waals surface area contributed by atoms with Crippen LogP contribution in [0.15, 0.2) is 0 Å². The minimum Gasteiger partial charge on any atom is -0.450 e. The number of carbonyl (C=O) groups is 1. The molecule has 2 aliphatic rings. The maximum atomic E-state index is 12.0. The van der Waals surface area contributed by atoms with Crippen LogP contribution < -0.4 is 5.32 Å². The first-order valence-corrected chi connectivity index (χ1v) is 10.8. The van der Waals surface area contributed by atoms with E-state index in [9.17, 15) is 4.79 Å². The van der Waals surface area contributed by atoms with Crippen LogP contribution in [-0.4, -0.2) is 50.8 Å². The fourth-order valence-electron chi connectivity index (χ4n) is 2.69. The third-order valence-electron chi connectivity index (χ3n) is 3.79. The molecule has 0 spiro atoms. The molecular formula is C13H26N2O2Si. The van der Waals surface area contributed by atoms with Gasteiger partial charge in [0.1, 0.15) is 0 Å². The maximum Gasteiger partial charge on any atom is 0.409 e. The molecule has 0 aliphatic carbocycles. The van der Waals surface area contributed by atoms with Crippen LogP contribution in [0.3, 0.4) is 0 Å². The maximum absolute atomic E-state index is 12.0. The number of carbonyl (C=O) groups excluding carboxylic acids is 1. The zero-order valence-corrected chi connectivity index (χ0v) is 12.9. The second kappa shape index (κ2) is 5.61. The topological polar surface area (TPSA) is 41.6 Å². The Bertz CT molecular complexity index is 292. The van der Waals surface area contributed by atoms with Gasteiger partial charge in [-0.3, -0.25) is 0 Å². The number of nitrogens with one attached hydrogen (secondary N) is 1. The van der Waals surface area contributed by atoms with Gasteiger partial charge < -0.3 is 15.0 Å². The van der Waals surface area contributed by atoms with Gasteiger partial charge in [-0.05, 0) is 18.9 Å². The number of rotatable bonds is 3. The van der Waals surface area contributed by atoms with E-state index in [1.807, 2.05) is 4.90 Å². The fourth-order valence-corrected chi connectivity index (χ4v) is 3.40. The van der Waals surface area contributed by atoms with E-state index in [2.05, 4.69) is 25.0 Å². The molecule has 2 unspecified atom stereocenters. The Balaban J connectivity index is 1.75. The van der Waals surface area contributed by atoms with Crippen molar-refractivity contribution in [1.82, 2.24) is 10.2 Å². The van der Waals surface area contributed by atoms with Crippen LogP contribution in [0.5, 0.6) is 0 Å². The van der Waals surface area contributed by atoms with Crippen LogP contribution in [0.1, 0.15) is 19.3 Å². The first kappa shape index (κ1) is 13.9. The van der Waals surface area contributed by atoms with E-state index >= 15 is 0 Å². The van der Waals surface area contributed by atoms with E-state index < -0.39 is 8.07 Å². The Labute approximate surface area is 111 Å². The zero-order valence-electron chi connectivity index (χ0n) is 11.9. The van der Waals surface area contributed by atoms with E-state index in [1.54, 1.807) is 0 Å². The highest BCUT2D eigenvalue weighted by molar-refractivity contribution is 6.76. The molecule has 0 aromatic heterocycles. The number of hydrogen-bond donors (Lipinski definition) is 1. The summed E-state index contributed by atoms with van der Waals surface area (Å²) in [6.07, 6.45) is 3.57. The highest BCUT2D eigenvalue weighted by atomic mass is 28.3.